The predicted octanol–water partition coefficient (Wildman–Crippen LogP) is -0.792. The third-order valence-corrected chi connectivity index (χ3v) is 2.23. The first-order valence-electron chi connectivity index (χ1n) is 3.99. The molecule has 4 unspecified atom stereocenters. The van der Waals surface area contributed by atoms with Gasteiger partial charge in [0, 0.05) is 0 Å². The van der Waals surface area contributed by atoms with E-state index in [1.54, 1.807) is 0 Å². The maximum Gasteiger partial charge on any atom is 0.506 e. The van der Waals surface area contributed by atoms with Crippen LogP contribution in [0.2, 0.25) is 0 Å². The van der Waals surface area contributed by atoms with Crippen LogP contribution in [0.5, 0.6) is 0 Å². The summed E-state index contributed by atoms with van der Waals surface area (Å²) in [7, 11) is 0. The predicted molar refractivity (Wildman–Crippen MR) is 38.4 cm³/mol. The van der Waals surface area contributed by atoms with Crippen molar-refractivity contribution >= 4 is 6.16 Å². The van der Waals surface area contributed by atoms with E-state index in [4.69, 9.17) is 14.6 Å². The van der Waals surface area contributed by atoms with E-state index in [-0.39, 0.29) is 13.2 Å². The Hall–Kier alpha value is -0.850. The monoisotopic (exact) mass is 190 g/mol. The minimum atomic E-state index is -1.35. The van der Waals surface area contributed by atoms with Crippen LogP contribution in [0.25, 0.3) is 0 Å². The van der Waals surface area contributed by atoms with Gasteiger partial charge >= 0.3 is 6.16 Å². The lowest BCUT2D eigenvalue weighted by atomic mass is 10.1. The Bertz CT molecular complexity index is 217. The summed E-state index contributed by atoms with van der Waals surface area (Å²) in [5.74, 6) is 0. The zero-order valence-electron chi connectivity index (χ0n) is 6.75. The minimum absolute atomic E-state index is 0.151. The minimum Gasteiger partial charge on any atom is -0.450 e. The van der Waals surface area contributed by atoms with Crippen molar-refractivity contribution in [1.29, 1.82) is 0 Å². The summed E-state index contributed by atoms with van der Waals surface area (Å²) in [5, 5.41) is 17.7. The van der Waals surface area contributed by atoms with Crippen LogP contribution >= 0.6 is 0 Å². The maximum atomic E-state index is 10.2. The Morgan fingerprint density at radius 2 is 2.00 bits per heavy atom. The molecule has 74 valence electrons. The zero-order valence-corrected chi connectivity index (χ0v) is 6.75. The molecule has 0 amide bonds. The SMILES string of the molecule is O=C(O)OC1COC2C(O)COC12. The molecule has 0 saturated carbocycles. The van der Waals surface area contributed by atoms with Crippen LogP contribution in [0, 0.1) is 0 Å². The van der Waals surface area contributed by atoms with Gasteiger partial charge < -0.3 is 24.4 Å². The Morgan fingerprint density at radius 1 is 1.31 bits per heavy atom. The lowest BCUT2D eigenvalue weighted by Gasteiger charge is -2.13. The highest BCUT2D eigenvalue weighted by atomic mass is 16.7. The van der Waals surface area contributed by atoms with Crippen molar-refractivity contribution < 1.29 is 29.2 Å². The first kappa shape index (κ1) is 8.74. The highest BCUT2D eigenvalue weighted by Gasteiger charge is 2.48. The average molecular weight is 190 g/mol. The van der Waals surface area contributed by atoms with Crippen LogP contribution in [-0.4, -0.2) is 54.0 Å². The second kappa shape index (κ2) is 3.13. The van der Waals surface area contributed by atoms with E-state index < -0.39 is 30.6 Å². The van der Waals surface area contributed by atoms with Gasteiger partial charge in [0.25, 0.3) is 0 Å². The molecule has 2 heterocycles. The molecule has 2 aliphatic rings. The third-order valence-electron chi connectivity index (χ3n) is 2.23. The van der Waals surface area contributed by atoms with Gasteiger partial charge in [-0.15, -0.1) is 0 Å². The molecule has 2 fully saturated rings. The lowest BCUT2D eigenvalue weighted by Crippen LogP contribution is -2.33. The number of carboxylic acid groups (broad SMARTS) is 1. The summed E-state index contributed by atoms with van der Waals surface area (Å²) < 4.78 is 14.8. The smallest absolute Gasteiger partial charge is 0.450 e. The van der Waals surface area contributed by atoms with Crippen LogP contribution < -0.4 is 0 Å². The maximum absolute atomic E-state index is 10.2. The number of fused-ring (bicyclic) bond motifs is 1. The molecular formula is C7H10O6. The highest BCUT2D eigenvalue weighted by molar-refractivity contribution is 5.57. The topological polar surface area (TPSA) is 85.2 Å². The van der Waals surface area contributed by atoms with Gasteiger partial charge in [0.05, 0.1) is 13.2 Å². The standard InChI is InChI=1S/C7H10O6/c8-3-1-11-6-4(13-7(9)10)2-12-5(3)6/h3-6,8H,1-2H2,(H,9,10). The van der Waals surface area contributed by atoms with Crippen molar-refractivity contribution in [3.05, 3.63) is 0 Å². The second-order valence-electron chi connectivity index (χ2n) is 3.09. The number of carbonyl (C=O) groups is 1. The largest absolute Gasteiger partial charge is 0.506 e. The van der Waals surface area contributed by atoms with Crippen molar-refractivity contribution in [1.82, 2.24) is 0 Å². The fraction of sp³-hybridized carbons (Fsp3) is 0.857. The summed E-state index contributed by atoms with van der Waals surface area (Å²) in [6.45, 7) is 0.327. The molecular weight excluding hydrogens is 180 g/mol. The van der Waals surface area contributed by atoms with Crippen molar-refractivity contribution in [3.63, 3.8) is 0 Å². The van der Waals surface area contributed by atoms with E-state index >= 15 is 0 Å². The molecule has 0 aromatic carbocycles. The molecule has 0 bridgehead atoms. The van der Waals surface area contributed by atoms with Gasteiger partial charge in [-0.3, -0.25) is 0 Å². The van der Waals surface area contributed by atoms with E-state index in [0.717, 1.165) is 0 Å². The number of aliphatic hydroxyl groups excluding tert-OH is 1. The number of hydrogen-bond donors (Lipinski definition) is 2. The van der Waals surface area contributed by atoms with Gasteiger partial charge in [0.1, 0.15) is 18.3 Å². The molecule has 0 aromatic rings. The Labute approximate surface area is 74.0 Å². The first-order chi connectivity index (χ1) is 6.18. The highest BCUT2D eigenvalue weighted by Crippen LogP contribution is 2.28. The van der Waals surface area contributed by atoms with Gasteiger partial charge in [-0.1, -0.05) is 0 Å². The summed E-state index contributed by atoms with van der Waals surface area (Å²) in [4.78, 5) is 10.2. The van der Waals surface area contributed by atoms with Crippen molar-refractivity contribution in [3.8, 4) is 0 Å². The van der Waals surface area contributed by atoms with Gasteiger partial charge in [-0.25, -0.2) is 4.79 Å². The average Bonchev–Trinajstić information content (AvgIpc) is 2.56. The fourth-order valence-electron chi connectivity index (χ4n) is 1.67. The first-order valence-corrected chi connectivity index (χ1v) is 3.99. The van der Waals surface area contributed by atoms with Crippen molar-refractivity contribution in [2.24, 2.45) is 0 Å². The molecule has 13 heavy (non-hydrogen) atoms. The van der Waals surface area contributed by atoms with Crippen LogP contribution in [-0.2, 0) is 14.2 Å². The molecule has 2 rings (SSSR count). The van der Waals surface area contributed by atoms with E-state index in [1.807, 2.05) is 0 Å². The van der Waals surface area contributed by atoms with E-state index in [1.165, 1.54) is 0 Å². The third kappa shape index (κ3) is 1.48. The van der Waals surface area contributed by atoms with Gasteiger partial charge in [0.15, 0.2) is 6.10 Å². The molecule has 0 aliphatic carbocycles. The molecule has 2 aliphatic heterocycles. The van der Waals surface area contributed by atoms with Crippen molar-refractivity contribution in [2.45, 2.75) is 24.4 Å². The molecule has 0 aromatic heterocycles. The van der Waals surface area contributed by atoms with Crippen LogP contribution in [0.3, 0.4) is 0 Å². The summed E-state index contributed by atoms with van der Waals surface area (Å²) in [6, 6.07) is 0. The van der Waals surface area contributed by atoms with E-state index in [2.05, 4.69) is 4.74 Å². The van der Waals surface area contributed by atoms with E-state index in [9.17, 15) is 9.90 Å². The summed E-state index contributed by atoms with van der Waals surface area (Å²) in [5.41, 5.74) is 0. The van der Waals surface area contributed by atoms with Crippen LogP contribution in [0.1, 0.15) is 0 Å². The number of rotatable bonds is 1. The lowest BCUT2D eigenvalue weighted by molar-refractivity contribution is -0.0214. The van der Waals surface area contributed by atoms with E-state index in [0.29, 0.717) is 0 Å². The van der Waals surface area contributed by atoms with Gasteiger partial charge in [-0.2, -0.15) is 0 Å². The summed E-state index contributed by atoms with van der Waals surface area (Å²) >= 11 is 0. The van der Waals surface area contributed by atoms with Crippen LogP contribution in [0.4, 0.5) is 4.79 Å². The van der Waals surface area contributed by atoms with Crippen molar-refractivity contribution in [2.75, 3.05) is 13.2 Å². The zero-order chi connectivity index (χ0) is 9.42. The van der Waals surface area contributed by atoms with Crippen LogP contribution in [0.15, 0.2) is 0 Å². The molecule has 2 saturated heterocycles. The van der Waals surface area contributed by atoms with Gasteiger partial charge in [0.2, 0.25) is 0 Å². The normalized spacial score (nSPS) is 43.2. The summed E-state index contributed by atoms with van der Waals surface area (Å²) in [6.07, 6.45) is -3.53. The molecule has 6 heteroatoms. The Balaban J connectivity index is 1.98. The van der Waals surface area contributed by atoms with Gasteiger partial charge in [-0.05, 0) is 0 Å². The number of aliphatic hydroxyl groups is 1. The quantitative estimate of drug-likeness (QED) is 0.527. The number of ether oxygens (including phenoxy) is 3. The Morgan fingerprint density at radius 3 is 2.69 bits per heavy atom. The molecule has 0 radical (unpaired) electrons. The molecule has 6 nitrogen and oxygen atoms in total. The Kier molecular flexibility index (Phi) is 2.10. The molecule has 2 N–H and O–H groups in total. The second-order valence-corrected chi connectivity index (χ2v) is 3.09. The fourth-order valence-corrected chi connectivity index (χ4v) is 1.67. The molecule has 4 atom stereocenters. The number of hydrogen-bond acceptors (Lipinski definition) is 5. The molecule has 0 spiro atoms.